The van der Waals surface area contributed by atoms with Gasteiger partial charge in [-0.3, -0.25) is 14.5 Å². The molecule has 2 N–H and O–H groups in total. The maximum Gasteiger partial charge on any atom is 0.234 e. The molecule has 2 fully saturated rings. The SMILES string of the molecule is CC(C)(C)[Si](C)(C)OC1C[C@@H](N)[C@H]2C(=O)N(Cc3ccccc3)C(=O)[C@H]2C1. The van der Waals surface area contributed by atoms with E-state index in [0.29, 0.717) is 19.4 Å². The molecule has 0 bridgehead atoms. The van der Waals surface area contributed by atoms with E-state index in [2.05, 4.69) is 33.9 Å². The topological polar surface area (TPSA) is 72.6 Å². The van der Waals surface area contributed by atoms with Crippen LogP contribution in [0, 0.1) is 11.8 Å². The zero-order valence-electron chi connectivity index (χ0n) is 17.1. The fourth-order valence-electron chi connectivity index (χ4n) is 3.98. The summed E-state index contributed by atoms with van der Waals surface area (Å²) in [4.78, 5) is 27.3. The van der Waals surface area contributed by atoms with Gasteiger partial charge < -0.3 is 10.2 Å². The molecule has 1 saturated carbocycles. The second-order valence-corrected chi connectivity index (χ2v) is 14.3. The molecule has 5 nitrogen and oxygen atoms in total. The number of fused-ring (bicyclic) bond motifs is 1. The molecule has 2 aliphatic rings. The molecule has 1 aliphatic heterocycles. The van der Waals surface area contributed by atoms with Crippen LogP contribution in [0.2, 0.25) is 18.1 Å². The summed E-state index contributed by atoms with van der Waals surface area (Å²) in [6.07, 6.45) is 1.20. The molecule has 2 amide bonds. The van der Waals surface area contributed by atoms with Crippen LogP contribution in [-0.2, 0) is 20.6 Å². The second kappa shape index (κ2) is 7.15. The number of imide groups is 1. The first kappa shape index (κ1) is 20.2. The van der Waals surface area contributed by atoms with Gasteiger partial charge in [-0.25, -0.2) is 0 Å². The van der Waals surface area contributed by atoms with Gasteiger partial charge in [0.15, 0.2) is 8.32 Å². The number of carbonyl (C=O) groups excluding carboxylic acids is 2. The first-order valence-electron chi connectivity index (χ1n) is 9.84. The lowest BCUT2D eigenvalue weighted by molar-refractivity contribution is -0.140. The van der Waals surface area contributed by atoms with Crippen LogP contribution in [0.15, 0.2) is 30.3 Å². The van der Waals surface area contributed by atoms with Gasteiger partial charge >= 0.3 is 0 Å². The summed E-state index contributed by atoms with van der Waals surface area (Å²) in [5.41, 5.74) is 7.34. The largest absolute Gasteiger partial charge is 0.414 e. The molecule has 1 saturated heterocycles. The molecule has 1 aromatic carbocycles. The van der Waals surface area contributed by atoms with Crippen LogP contribution in [0.5, 0.6) is 0 Å². The predicted molar refractivity (Wildman–Crippen MR) is 108 cm³/mol. The van der Waals surface area contributed by atoms with E-state index in [0.717, 1.165) is 5.56 Å². The van der Waals surface area contributed by atoms with E-state index in [1.165, 1.54) is 4.90 Å². The molecular formula is C21H32N2O3Si. The summed E-state index contributed by atoms with van der Waals surface area (Å²) < 4.78 is 6.54. The van der Waals surface area contributed by atoms with Crippen molar-refractivity contribution < 1.29 is 14.0 Å². The second-order valence-electron chi connectivity index (χ2n) is 9.52. The van der Waals surface area contributed by atoms with Gasteiger partial charge in [0.1, 0.15) is 0 Å². The lowest BCUT2D eigenvalue weighted by Crippen LogP contribution is -2.51. The first-order chi connectivity index (χ1) is 12.5. The summed E-state index contributed by atoms with van der Waals surface area (Å²) in [5.74, 6) is -0.958. The third-order valence-corrected chi connectivity index (χ3v) is 11.1. The average molecular weight is 389 g/mol. The molecule has 27 heavy (non-hydrogen) atoms. The van der Waals surface area contributed by atoms with E-state index in [9.17, 15) is 9.59 Å². The van der Waals surface area contributed by atoms with E-state index in [4.69, 9.17) is 10.2 Å². The van der Waals surface area contributed by atoms with E-state index in [1.807, 2.05) is 30.3 Å². The molecular weight excluding hydrogens is 356 g/mol. The Balaban J connectivity index is 1.75. The van der Waals surface area contributed by atoms with Gasteiger partial charge in [-0.1, -0.05) is 51.1 Å². The molecule has 6 heteroatoms. The molecule has 0 aromatic heterocycles. The van der Waals surface area contributed by atoms with Crippen molar-refractivity contribution in [3.63, 3.8) is 0 Å². The molecule has 1 aliphatic carbocycles. The Morgan fingerprint density at radius 3 is 2.33 bits per heavy atom. The Morgan fingerprint density at radius 1 is 1.11 bits per heavy atom. The van der Waals surface area contributed by atoms with Crippen molar-refractivity contribution in [3.8, 4) is 0 Å². The summed E-state index contributed by atoms with van der Waals surface area (Å²) >= 11 is 0. The van der Waals surface area contributed by atoms with Gasteiger partial charge in [0.2, 0.25) is 11.8 Å². The Labute approximate surface area is 163 Å². The molecule has 1 aromatic rings. The normalized spacial score (nSPS) is 29.2. The standard InChI is InChI=1S/C21H32N2O3Si/c1-21(2,3)27(4,5)26-15-11-16-18(17(22)12-15)20(25)23(19(16)24)13-14-9-7-6-8-10-14/h6-10,15-18H,11-13,22H2,1-5H3/t15?,16-,17+,18-/m0/s1. The average Bonchev–Trinajstić information content (AvgIpc) is 2.79. The van der Waals surface area contributed by atoms with E-state index < -0.39 is 14.2 Å². The van der Waals surface area contributed by atoms with E-state index in [1.54, 1.807) is 0 Å². The summed E-state index contributed by atoms with van der Waals surface area (Å²) in [5, 5.41) is 0.1000. The number of benzene rings is 1. The smallest absolute Gasteiger partial charge is 0.234 e. The Morgan fingerprint density at radius 2 is 1.74 bits per heavy atom. The molecule has 0 radical (unpaired) electrons. The number of hydrogen-bond acceptors (Lipinski definition) is 4. The van der Waals surface area contributed by atoms with Crippen molar-refractivity contribution in [2.24, 2.45) is 17.6 Å². The third kappa shape index (κ3) is 3.88. The van der Waals surface area contributed by atoms with Crippen LogP contribution in [0.1, 0.15) is 39.2 Å². The van der Waals surface area contributed by atoms with Crippen molar-refractivity contribution in [1.82, 2.24) is 4.90 Å². The number of nitrogens with two attached hydrogens (primary N) is 1. The molecule has 4 atom stereocenters. The highest BCUT2D eigenvalue weighted by atomic mass is 28.4. The monoisotopic (exact) mass is 388 g/mol. The van der Waals surface area contributed by atoms with Gasteiger partial charge in [-0.2, -0.15) is 0 Å². The van der Waals surface area contributed by atoms with Crippen molar-refractivity contribution in [2.75, 3.05) is 0 Å². The Kier molecular flexibility index (Phi) is 5.36. The van der Waals surface area contributed by atoms with Gasteiger partial charge in [-0.05, 0) is 36.5 Å². The van der Waals surface area contributed by atoms with Crippen LogP contribution in [-0.4, -0.2) is 37.2 Å². The maximum atomic E-state index is 13.0. The fraction of sp³-hybridized carbons (Fsp3) is 0.619. The highest BCUT2D eigenvalue weighted by Gasteiger charge is 2.54. The highest BCUT2D eigenvalue weighted by molar-refractivity contribution is 6.74. The van der Waals surface area contributed by atoms with E-state index >= 15 is 0 Å². The van der Waals surface area contributed by atoms with Crippen LogP contribution < -0.4 is 5.73 Å². The van der Waals surface area contributed by atoms with Gasteiger partial charge in [-0.15, -0.1) is 0 Å². The van der Waals surface area contributed by atoms with Crippen LogP contribution >= 0.6 is 0 Å². The summed E-state index contributed by atoms with van der Waals surface area (Å²) in [6.45, 7) is 11.4. The molecule has 1 heterocycles. The zero-order chi connectivity index (χ0) is 20.0. The Bertz CT molecular complexity index is 714. The minimum Gasteiger partial charge on any atom is -0.414 e. The third-order valence-electron chi connectivity index (χ3n) is 6.53. The molecule has 0 spiro atoms. The van der Waals surface area contributed by atoms with Crippen LogP contribution in [0.3, 0.4) is 0 Å². The number of amides is 2. The summed E-state index contributed by atoms with van der Waals surface area (Å²) in [6, 6.07) is 9.31. The van der Waals surface area contributed by atoms with Gasteiger partial charge in [0.25, 0.3) is 0 Å². The number of likely N-dealkylation sites (tertiary alicyclic amines) is 1. The van der Waals surface area contributed by atoms with Crippen LogP contribution in [0.4, 0.5) is 0 Å². The van der Waals surface area contributed by atoms with E-state index in [-0.39, 0.29) is 34.9 Å². The predicted octanol–water partition coefficient (Wildman–Crippen LogP) is 3.30. The molecule has 148 valence electrons. The van der Waals surface area contributed by atoms with Crippen molar-refractivity contribution in [2.45, 2.75) is 70.4 Å². The fourth-order valence-corrected chi connectivity index (χ4v) is 5.36. The highest BCUT2D eigenvalue weighted by Crippen LogP contribution is 2.43. The maximum absolute atomic E-state index is 13.0. The Hall–Kier alpha value is -1.50. The van der Waals surface area contributed by atoms with Crippen molar-refractivity contribution >= 4 is 20.1 Å². The van der Waals surface area contributed by atoms with Gasteiger partial charge in [0, 0.05) is 12.1 Å². The van der Waals surface area contributed by atoms with Crippen molar-refractivity contribution in [1.29, 1.82) is 0 Å². The minimum atomic E-state index is -1.95. The number of hydrogen-bond donors (Lipinski definition) is 1. The van der Waals surface area contributed by atoms with Crippen molar-refractivity contribution in [3.05, 3.63) is 35.9 Å². The lowest BCUT2D eigenvalue weighted by Gasteiger charge is -2.42. The number of rotatable bonds is 4. The first-order valence-corrected chi connectivity index (χ1v) is 12.7. The van der Waals surface area contributed by atoms with Crippen LogP contribution in [0.25, 0.3) is 0 Å². The zero-order valence-corrected chi connectivity index (χ0v) is 18.1. The molecule has 1 unspecified atom stereocenters. The lowest BCUT2D eigenvalue weighted by atomic mass is 9.76. The summed E-state index contributed by atoms with van der Waals surface area (Å²) in [7, 11) is -1.95. The number of carbonyl (C=O) groups is 2. The quantitative estimate of drug-likeness (QED) is 0.634. The molecule has 3 rings (SSSR count). The number of nitrogens with zero attached hydrogens (tertiary/aromatic N) is 1. The van der Waals surface area contributed by atoms with Gasteiger partial charge in [0.05, 0.1) is 18.4 Å². The minimum absolute atomic E-state index is 0.0458.